The molecule has 1 atom stereocenters. The van der Waals surface area contributed by atoms with Crippen LogP contribution in [-0.2, 0) is 0 Å². The monoisotopic (exact) mass is 234 g/mol. The third-order valence-corrected chi connectivity index (χ3v) is 3.34. The molecule has 0 amide bonds. The summed E-state index contributed by atoms with van der Waals surface area (Å²) in [5.41, 5.74) is 1.53. The molecule has 7 heteroatoms. The average Bonchev–Trinajstić information content (AvgIpc) is 2.97. The lowest BCUT2D eigenvalue weighted by Crippen LogP contribution is -2.16. The maximum atomic E-state index is 4.19. The fourth-order valence-electron chi connectivity index (χ4n) is 1.55. The zero-order valence-corrected chi connectivity index (χ0v) is 9.24. The van der Waals surface area contributed by atoms with Crippen molar-refractivity contribution >= 4 is 35.0 Å². The molecule has 0 bridgehead atoms. The molecule has 3 rings (SSSR count). The van der Waals surface area contributed by atoms with Crippen molar-refractivity contribution < 1.29 is 0 Å². The Labute approximate surface area is 96.0 Å². The second kappa shape index (κ2) is 4.09. The minimum atomic E-state index is 0.424. The zero-order chi connectivity index (χ0) is 10.8. The van der Waals surface area contributed by atoms with Gasteiger partial charge in [-0.05, 0) is 0 Å². The van der Waals surface area contributed by atoms with Crippen molar-refractivity contribution in [2.24, 2.45) is 4.99 Å². The number of hydrogen-bond donors (Lipinski definition) is 2. The minimum absolute atomic E-state index is 0.424. The summed E-state index contributed by atoms with van der Waals surface area (Å²) in [6.45, 7) is 0.819. The summed E-state index contributed by atoms with van der Waals surface area (Å²) in [5, 5.41) is 3.71. The van der Waals surface area contributed by atoms with Crippen LogP contribution in [0.5, 0.6) is 0 Å². The van der Waals surface area contributed by atoms with Crippen LogP contribution in [0.4, 0.5) is 5.82 Å². The number of aromatic nitrogens is 4. The van der Waals surface area contributed by atoms with E-state index in [4.69, 9.17) is 0 Å². The van der Waals surface area contributed by atoms with E-state index in [0.717, 1.165) is 23.8 Å². The van der Waals surface area contributed by atoms with Gasteiger partial charge in [0.05, 0.1) is 17.5 Å². The molecular weight excluding hydrogens is 224 g/mol. The first-order chi connectivity index (χ1) is 7.93. The molecule has 0 saturated heterocycles. The number of fused-ring (bicyclic) bond motifs is 1. The molecule has 2 aromatic heterocycles. The number of thioether (sulfide) groups is 1. The van der Waals surface area contributed by atoms with Crippen LogP contribution in [0, 0.1) is 0 Å². The number of imidazole rings is 1. The predicted molar refractivity (Wildman–Crippen MR) is 64.9 cm³/mol. The third kappa shape index (κ3) is 1.73. The van der Waals surface area contributed by atoms with E-state index >= 15 is 0 Å². The highest BCUT2D eigenvalue weighted by atomic mass is 32.2. The first-order valence-electron chi connectivity index (χ1n) is 4.93. The summed E-state index contributed by atoms with van der Waals surface area (Å²) < 4.78 is 0. The number of aliphatic imine (C=N–C) groups is 1. The smallest absolute Gasteiger partial charge is 0.182 e. The van der Waals surface area contributed by atoms with E-state index in [1.165, 1.54) is 6.33 Å². The minimum Gasteiger partial charge on any atom is -0.367 e. The van der Waals surface area contributed by atoms with E-state index in [2.05, 4.69) is 30.2 Å². The summed E-state index contributed by atoms with van der Waals surface area (Å²) in [6, 6.07) is 0. The SMILES string of the molecule is C1=NCSC1CNc1ncnc2nc[nH]c12. The number of nitrogens with zero attached hydrogens (tertiary/aromatic N) is 4. The van der Waals surface area contributed by atoms with Crippen molar-refractivity contribution in [3.63, 3.8) is 0 Å². The van der Waals surface area contributed by atoms with E-state index < -0.39 is 0 Å². The number of rotatable bonds is 3. The Morgan fingerprint density at radius 2 is 2.44 bits per heavy atom. The van der Waals surface area contributed by atoms with Crippen molar-refractivity contribution in [2.75, 3.05) is 17.7 Å². The van der Waals surface area contributed by atoms with E-state index in [9.17, 15) is 0 Å². The van der Waals surface area contributed by atoms with E-state index in [1.54, 1.807) is 6.33 Å². The molecule has 1 unspecified atom stereocenters. The number of H-pyrrole nitrogens is 1. The van der Waals surface area contributed by atoms with Gasteiger partial charge in [-0.3, -0.25) is 4.99 Å². The van der Waals surface area contributed by atoms with Crippen LogP contribution in [0.1, 0.15) is 0 Å². The number of anilines is 1. The Morgan fingerprint density at radius 3 is 3.31 bits per heavy atom. The fraction of sp³-hybridized carbons (Fsp3) is 0.333. The maximum Gasteiger partial charge on any atom is 0.182 e. The first kappa shape index (κ1) is 9.59. The van der Waals surface area contributed by atoms with Gasteiger partial charge in [-0.2, -0.15) is 0 Å². The molecule has 0 saturated carbocycles. The van der Waals surface area contributed by atoms with Gasteiger partial charge in [-0.15, -0.1) is 11.8 Å². The van der Waals surface area contributed by atoms with E-state index in [-0.39, 0.29) is 0 Å². The number of hydrogen-bond acceptors (Lipinski definition) is 6. The summed E-state index contributed by atoms with van der Waals surface area (Å²) >= 11 is 1.82. The van der Waals surface area contributed by atoms with Gasteiger partial charge in [0, 0.05) is 12.8 Å². The molecule has 0 aromatic carbocycles. The van der Waals surface area contributed by atoms with Crippen LogP contribution in [0.15, 0.2) is 17.6 Å². The highest BCUT2D eigenvalue weighted by molar-refractivity contribution is 8.00. The number of aromatic amines is 1. The molecule has 16 heavy (non-hydrogen) atoms. The largest absolute Gasteiger partial charge is 0.367 e. The summed E-state index contributed by atoms with van der Waals surface area (Å²) in [7, 11) is 0. The highest BCUT2D eigenvalue weighted by Gasteiger charge is 2.12. The summed E-state index contributed by atoms with van der Waals surface area (Å²) in [4.78, 5) is 19.5. The maximum absolute atomic E-state index is 4.19. The highest BCUT2D eigenvalue weighted by Crippen LogP contribution is 2.18. The van der Waals surface area contributed by atoms with Crippen LogP contribution in [0.2, 0.25) is 0 Å². The van der Waals surface area contributed by atoms with Crippen molar-refractivity contribution in [3.05, 3.63) is 12.7 Å². The van der Waals surface area contributed by atoms with Crippen LogP contribution < -0.4 is 5.32 Å². The molecule has 0 radical (unpaired) electrons. The Hall–Kier alpha value is -1.63. The van der Waals surface area contributed by atoms with Gasteiger partial charge in [0.1, 0.15) is 11.8 Å². The van der Waals surface area contributed by atoms with Gasteiger partial charge >= 0.3 is 0 Å². The molecule has 0 fully saturated rings. The normalized spacial score (nSPS) is 19.4. The molecule has 3 heterocycles. The van der Waals surface area contributed by atoms with Crippen molar-refractivity contribution in [2.45, 2.75) is 5.25 Å². The van der Waals surface area contributed by atoms with Crippen molar-refractivity contribution in [1.29, 1.82) is 0 Å². The average molecular weight is 234 g/mol. The molecule has 2 aromatic rings. The molecule has 0 spiro atoms. The molecule has 6 nitrogen and oxygen atoms in total. The van der Waals surface area contributed by atoms with Crippen LogP contribution in [0.25, 0.3) is 11.2 Å². The lowest BCUT2D eigenvalue weighted by Gasteiger charge is -2.08. The van der Waals surface area contributed by atoms with Crippen molar-refractivity contribution in [1.82, 2.24) is 19.9 Å². The van der Waals surface area contributed by atoms with Gasteiger partial charge in [0.25, 0.3) is 0 Å². The van der Waals surface area contributed by atoms with Gasteiger partial charge in [0.15, 0.2) is 11.5 Å². The second-order valence-corrected chi connectivity index (χ2v) is 4.57. The Morgan fingerprint density at radius 1 is 1.44 bits per heavy atom. The Bertz CT molecular complexity index is 521. The quantitative estimate of drug-likeness (QED) is 0.825. The topological polar surface area (TPSA) is 78.8 Å². The molecule has 1 aliphatic rings. The Balaban J connectivity index is 1.78. The van der Waals surface area contributed by atoms with Gasteiger partial charge in [-0.25, -0.2) is 15.0 Å². The number of nitrogens with one attached hydrogen (secondary N) is 2. The predicted octanol–water partition coefficient (Wildman–Crippen LogP) is 0.908. The Kier molecular flexibility index (Phi) is 2.45. The lowest BCUT2D eigenvalue weighted by molar-refractivity contribution is 1.10. The van der Waals surface area contributed by atoms with Gasteiger partial charge < -0.3 is 10.3 Å². The molecule has 1 aliphatic heterocycles. The van der Waals surface area contributed by atoms with Gasteiger partial charge in [-0.1, -0.05) is 0 Å². The molecule has 0 aliphatic carbocycles. The van der Waals surface area contributed by atoms with Crippen LogP contribution >= 0.6 is 11.8 Å². The molecular formula is C9H10N6S. The lowest BCUT2D eigenvalue weighted by atomic mass is 10.4. The standard InChI is InChI=1S/C9H10N6S/c1-6(16-5-10-1)2-11-8-7-9(13-3-12-7)15-4-14-8/h1,3-4,6H,2,5H2,(H2,11,12,13,14,15). The van der Waals surface area contributed by atoms with E-state index in [1.807, 2.05) is 18.0 Å². The summed E-state index contributed by atoms with van der Waals surface area (Å²) in [5.74, 6) is 1.65. The van der Waals surface area contributed by atoms with Crippen molar-refractivity contribution in [3.8, 4) is 0 Å². The van der Waals surface area contributed by atoms with Crippen LogP contribution in [-0.4, -0.2) is 43.8 Å². The van der Waals surface area contributed by atoms with E-state index in [0.29, 0.717) is 10.9 Å². The fourth-order valence-corrected chi connectivity index (χ4v) is 2.29. The second-order valence-electron chi connectivity index (χ2n) is 3.37. The van der Waals surface area contributed by atoms with Crippen LogP contribution in [0.3, 0.4) is 0 Å². The third-order valence-electron chi connectivity index (χ3n) is 2.33. The van der Waals surface area contributed by atoms with Gasteiger partial charge in [0.2, 0.25) is 0 Å². The summed E-state index contributed by atoms with van der Waals surface area (Å²) in [6.07, 6.45) is 5.11. The first-order valence-corrected chi connectivity index (χ1v) is 5.98. The zero-order valence-electron chi connectivity index (χ0n) is 8.42. The molecule has 82 valence electrons. The molecule has 2 N–H and O–H groups in total.